The molecule has 0 aliphatic rings. The van der Waals surface area contributed by atoms with Gasteiger partial charge in [0.25, 0.3) is 15.9 Å². The van der Waals surface area contributed by atoms with Crippen molar-refractivity contribution >= 4 is 38.9 Å². The number of carbonyl (C=O) groups is 1. The van der Waals surface area contributed by atoms with Crippen molar-refractivity contribution in [2.45, 2.75) is 11.8 Å². The monoisotopic (exact) mass is 432 g/mol. The van der Waals surface area contributed by atoms with Crippen LogP contribution in [0, 0.1) is 5.82 Å². The van der Waals surface area contributed by atoms with Crippen molar-refractivity contribution in [2.75, 3.05) is 16.2 Å². The van der Waals surface area contributed by atoms with Gasteiger partial charge in [-0.3, -0.25) is 9.10 Å². The summed E-state index contributed by atoms with van der Waals surface area (Å²) in [6.07, 6.45) is 0. The smallest absolute Gasteiger partial charge is 0.266 e. The first-order valence-corrected chi connectivity index (χ1v) is 10.6. The van der Waals surface area contributed by atoms with Gasteiger partial charge in [-0.25, -0.2) is 12.8 Å². The average Bonchev–Trinajstić information content (AvgIpc) is 2.69. The van der Waals surface area contributed by atoms with Crippen LogP contribution in [0.15, 0.2) is 77.7 Å². The molecule has 1 amide bonds. The topological polar surface area (TPSA) is 66.5 Å². The summed E-state index contributed by atoms with van der Waals surface area (Å²) >= 11 is 5.95. The van der Waals surface area contributed by atoms with Crippen LogP contribution in [0.5, 0.6) is 0 Å². The van der Waals surface area contributed by atoms with E-state index in [0.29, 0.717) is 5.69 Å². The summed E-state index contributed by atoms with van der Waals surface area (Å²) in [5, 5.41) is 2.41. The first kappa shape index (κ1) is 20.8. The number of anilines is 2. The fourth-order valence-electron chi connectivity index (χ4n) is 2.90. The molecule has 0 saturated heterocycles. The van der Waals surface area contributed by atoms with Crippen molar-refractivity contribution in [2.24, 2.45) is 0 Å². The Bertz CT molecular complexity index is 1120. The molecule has 3 aromatic carbocycles. The molecule has 0 spiro atoms. The third-order valence-corrected chi connectivity index (χ3v) is 6.50. The molecule has 0 fully saturated rings. The van der Waals surface area contributed by atoms with Crippen molar-refractivity contribution in [1.82, 2.24) is 0 Å². The molecule has 0 heterocycles. The zero-order valence-electron chi connectivity index (χ0n) is 15.5. The largest absolute Gasteiger partial charge is 0.321 e. The van der Waals surface area contributed by atoms with E-state index in [4.69, 9.17) is 11.6 Å². The van der Waals surface area contributed by atoms with Gasteiger partial charge in [-0.15, -0.1) is 0 Å². The molecule has 29 heavy (non-hydrogen) atoms. The SMILES string of the molecule is CCN(c1ccccc1)S(=O)(=O)c1ccccc1NC(=O)c1c(F)cccc1Cl. The lowest BCUT2D eigenvalue weighted by molar-refractivity contribution is 0.102. The Kier molecular flexibility index (Phi) is 6.20. The van der Waals surface area contributed by atoms with Crippen LogP contribution >= 0.6 is 11.6 Å². The number of carbonyl (C=O) groups excluding carboxylic acids is 1. The quantitative estimate of drug-likeness (QED) is 0.599. The highest BCUT2D eigenvalue weighted by Gasteiger charge is 2.27. The van der Waals surface area contributed by atoms with Crippen molar-refractivity contribution < 1.29 is 17.6 Å². The molecule has 0 bridgehead atoms. The summed E-state index contributed by atoms with van der Waals surface area (Å²) in [5.74, 6) is -1.63. The molecular formula is C21H18ClFN2O3S. The van der Waals surface area contributed by atoms with Crippen LogP contribution in [-0.4, -0.2) is 20.9 Å². The van der Waals surface area contributed by atoms with Gasteiger partial charge in [0.15, 0.2) is 0 Å². The lowest BCUT2D eigenvalue weighted by Crippen LogP contribution is -2.31. The van der Waals surface area contributed by atoms with E-state index in [1.807, 2.05) is 0 Å². The molecule has 0 aliphatic heterocycles. The van der Waals surface area contributed by atoms with Crippen LogP contribution in [0.3, 0.4) is 0 Å². The number of hydrogen-bond donors (Lipinski definition) is 1. The third kappa shape index (κ3) is 4.26. The number of benzene rings is 3. The Morgan fingerprint density at radius 1 is 1.00 bits per heavy atom. The number of rotatable bonds is 6. The maximum absolute atomic E-state index is 14.1. The summed E-state index contributed by atoms with van der Waals surface area (Å²) in [7, 11) is -3.99. The van der Waals surface area contributed by atoms with Crippen LogP contribution in [0.1, 0.15) is 17.3 Å². The van der Waals surface area contributed by atoms with Gasteiger partial charge in [0.2, 0.25) is 0 Å². The van der Waals surface area contributed by atoms with E-state index in [1.165, 1.54) is 28.6 Å². The Labute approximate surface area is 173 Å². The van der Waals surface area contributed by atoms with Crippen LogP contribution in [-0.2, 0) is 10.0 Å². The van der Waals surface area contributed by atoms with E-state index in [2.05, 4.69) is 5.32 Å². The molecular weight excluding hydrogens is 415 g/mol. The summed E-state index contributed by atoms with van der Waals surface area (Å²) in [4.78, 5) is 12.5. The Hall–Kier alpha value is -2.90. The van der Waals surface area contributed by atoms with Gasteiger partial charge in [-0.2, -0.15) is 0 Å². The molecule has 0 saturated carbocycles. The molecule has 5 nitrogen and oxygen atoms in total. The zero-order chi connectivity index (χ0) is 21.0. The number of amides is 1. The van der Waals surface area contributed by atoms with Gasteiger partial charge in [-0.05, 0) is 43.3 Å². The Balaban J connectivity index is 2.02. The number of hydrogen-bond acceptors (Lipinski definition) is 3. The Morgan fingerprint density at radius 3 is 2.31 bits per heavy atom. The van der Waals surface area contributed by atoms with Gasteiger partial charge < -0.3 is 5.32 Å². The number of nitrogens with zero attached hydrogens (tertiary/aromatic N) is 1. The van der Waals surface area contributed by atoms with Gasteiger partial charge in [0, 0.05) is 6.54 Å². The minimum absolute atomic E-state index is 0.0335. The molecule has 0 atom stereocenters. The molecule has 3 rings (SSSR count). The van der Waals surface area contributed by atoms with Crippen LogP contribution < -0.4 is 9.62 Å². The lowest BCUT2D eigenvalue weighted by atomic mass is 10.2. The number of para-hydroxylation sites is 2. The fourth-order valence-corrected chi connectivity index (χ4v) is 4.77. The van der Waals surface area contributed by atoms with E-state index in [9.17, 15) is 17.6 Å². The van der Waals surface area contributed by atoms with E-state index >= 15 is 0 Å². The summed E-state index contributed by atoms with van der Waals surface area (Å²) in [6.45, 7) is 1.90. The first-order valence-electron chi connectivity index (χ1n) is 8.78. The first-order chi connectivity index (χ1) is 13.9. The number of halogens is 2. The van der Waals surface area contributed by atoms with Gasteiger partial charge in [0.1, 0.15) is 10.7 Å². The molecule has 0 radical (unpaired) electrons. The van der Waals surface area contributed by atoms with E-state index in [0.717, 1.165) is 6.07 Å². The summed E-state index contributed by atoms with van der Waals surface area (Å²) < 4.78 is 41.9. The number of sulfonamides is 1. The van der Waals surface area contributed by atoms with Crippen molar-refractivity contribution in [3.8, 4) is 0 Å². The van der Waals surface area contributed by atoms with E-state index in [-0.39, 0.29) is 27.7 Å². The highest BCUT2D eigenvalue weighted by atomic mass is 35.5. The van der Waals surface area contributed by atoms with Gasteiger partial charge >= 0.3 is 0 Å². The summed E-state index contributed by atoms with van der Waals surface area (Å²) in [6, 6.07) is 18.5. The maximum atomic E-state index is 14.1. The molecule has 0 aromatic heterocycles. The highest BCUT2D eigenvalue weighted by Crippen LogP contribution is 2.29. The highest BCUT2D eigenvalue weighted by molar-refractivity contribution is 7.93. The minimum atomic E-state index is -3.99. The van der Waals surface area contributed by atoms with Crippen molar-refractivity contribution in [3.63, 3.8) is 0 Å². The maximum Gasteiger partial charge on any atom is 0.266 e. The predicted octanol–water partition coefficient (Wildman–Crippen LogP) is 4.95. The van der Waals surface area contributed by atoms with Gasteiger partial charge in [-0.1, -0.05) is 48.0 Å². The average molecular weight is 433 g/mol. The van der Waals surface area contributed by atoms with Crippen LogP contribution in [0.4, 0.5) is 15.8 Å². The standard InChI is InChI=1S/C21H18ClFN2O3S/c1-2-25(15-9-4-3-5-10-15)29(27,28)19-14-7-6-13-18(19)24-21(26)20-16(22)11-8-12-17(20)23/h3-14H,2H2,1H3,(H,24,26). The van der Waals surface area contributed by atoms with Crippen molar-refractivity contribution in [1.29, 1.82) is 0 Å². The second-order valence-corrected chi connectivity index (χ2v) is 8.29. The molecule has 1 N–H and O–H groups in total. The minimum Gasteiger partial charge on any atom is -0.321 e. The predicted molar refractivity (Wildman–Crippen MR) is 112 cm³/mol. The van der Waals surface area contributed by atoms with Crippen LogP contribution in [0.25, 0.3) is 0 Å². The zero-order valence-corrected chi connectivity index (χ0v) is 17.0. The second kappa shape index (κ2) is 8.63. The fraction of sp³-hybridized carbons (Fsp3) is 0.0952. The second-order valence-electron chi connectivity index (χ2n) is 6.05. The van der Waals surface area contributed by atoms with Crippen molar-refractivity contribution in [3.05, 3.63) is 89.2 Å². The molecule has 8 heteroatoms. The Morgan fingerprint density at radius 2 is 1.66 bits per heavy atom. The summed E-state index contributed by atoms with van der Waals surface area (Å²) in [5.41, 5.74) is 0.177. The normalized spacial score (nSPS) is 11.1. The van der Waals surface area contributed by atoms with Gasteiger partial charge in [0.05, 0.1) is 22.0 Å². The lowest BCUT2D eigenvalue weighted by Gasteiger charge is -2.24. The van der Waals surface area contributed by atoms with E-state index < -0.39 is 21.7 Å². The molecule has 0 unspecified atom stereocenters. The van der Waals surface area contributed by atoms with E-state index in [1.54, 1.807) is 49.4 Å². The molecule has 3 aromatic rings. The number of nitrogens with one attached hydrogen (secondary N) is 1. The molecule has 150 valence electrons. The van der Waals surface area contributed by atoms with Crippen LogP contribution in [0.2, 0.25) is 5.02 Å². The third-order valence-electron chi connectivity index (χ3n) is 4.22. The molecule has 0 aliphatic carbocycles.